The summed E-state index contributed by atoms with van der Waals surface area (Å²) >= 11 is 0. The van der Waals surface area contributed by atoms with Gasteiger partial charge in [0.15, 0.2) is 0 Å². The average molecular weight is 242 g/mol. The number of aliphatic hydroxyl groups is 1. The maximum Gasteiger partial charge on any atom is 0.270 e. The molecule has 1 saturated carbocycles. The third-order valence-electron chi connectivity index (χ3n) is 3.28. The van der Waals surface area contributed by atoms with Crippen molar-refractivity contribution >= 4 is 16.8 Å². The van der Waals surface area contributed by atoms with E-state index in [1.807, 2.05) is 30.3 Å². The van der Waals surface area contributed by atoms with Gasteiger partial charge in [0.25, 0.3) is 5.91 Å². The zero-order valence-electron chi connectivity index (χ0n) is 9.84. The Kier molecular flexibility index (Phi) is 2.72. The van der Waals surface area contributed by atoms with Crippen molar-refractivity contribution in [2.75, 3.05) is 0 Å². The minimum atomic E-state index is -0.264. The number of nitrogens with one attached hydrogen (secondary N) is 1. The Morgan fingerprint density at radius 3 is 2.78 bits per heavy atom. The van der Waals surface area contributed by atoms with Crippen LogP contribution >= 0.6 is 0 Å². The van der Waals surface area contributed by atoms with Crippen molar-refractivity contribution in [1.29, 1.82) is 0 Å². The SMILES string of the molecule is O=C(NC1CC(O)C1)c1ccc2ccccc2n1. The number of hydrogen-bond acceptors (Lipinski definition) is 3. The van der Waals surface area contributed by atoms with E-state index in [4.69, 9.17) is 0 Å². The predicted octanol–water partition coefficient (Wildman–Crippen LogP) is 1.49. The smallest absolute Gasteiger partial charge is 0.270 e. The molecule has 18 heavy (non-hydrogen) atoms. The van der Waals surface area contributed by atoms with E-state index in [2.05, 4.69) is 10.3 Å². The lowest BCUT2D eigenvalue weighted by atomic mass is 9.89. The predicted molar refractivity (Wildman–Crippen MR) is 68.2 cm³/mol. The third kappa shape index (κ3) is 2.07. The van der Waals surface area contributed by atoms with E-state index >= 15 is 0 Å². The number of pyridine rings is 1. The Morgan fingerprint density at radius 1 is 1.22 bits per heavy atom. The highest BCUT2D eigenvalue weighted by molar-refractivity contribution is 5.95. The van der Waals surface area contributed by atoms with Crippen LogP contribution in [0.4, 0.5) is 0 Å². The molecule has 0 spiro atoms. The van der Waals surface area contributed by atoms with Crippen molar-refractivity contribution in [2.24, 2.45) is 0 Å². The van der Waals surface area contributed by atoms with Crippen LogP contribution in [0.15, 0.2) is 36.4 Å². The van der Waals surface area contributed by atoms with E-state index in [0.29, 0.717) is 18.5 Å². The lowest BCUT2D eigenvalue weighted by Gasteiger charge is -2.31. The summed E-state index contributed by atoms with van der Waals surface area (Å²) in [5.41, 5.74) is 1.24. The molecule has 1 aromatic heterocycles. The lowest BCUT2D eigenvalue weighted by molar-refractivity contribution is 0.0561. The van der Waals surface area contributed by atoms with Crippen LogP contribution in [0.25, 0.3) is 10.9 Å². The van der Waals surface area contributed by atoms with Crippen molar-refractivity contribution in [1.82, 2.24) is 10.3 Å². The third-order valence-corrected chi connectivity index (χ3v) is 3.28. The van der Waals surface area contributed by atoms with Gasteiger partial charge in [-0.05, 0) is 25.0 Å². The van der Waals surface area contributed by atoms with Crippen molar-refractivity contribution in [3.8, 4) is 0 Å². The van der Waals surface area contributed by atoms with Gasteiger partial charge in [0.2, 0.25) is 0 Å². The monoisotopic (exact) mass is 242 g/mol. The van der Waals surface area contributed by atoms with Gasteiger partial charge in [-0.3, -0.25) is 4.79 Å². The number of para-hydroxylation sites is 1. The second kappa shape index (κ2) is 4.38. The molecular formula is C14H14N2O2. The molecule has 0 atom stereocenters. The molecule has 92 valence electrons. The van der Waals surface area contributed by atoms with Crippen LogP contribution in [-0.2, 0) is 0 Å². The van der Waals surface area contributed by atoms with E-state index in [-0.39, 0.29) is 18.1 Å². The molecule has 3 rings (SSSR count). The van der Waals surface area contributed by atoms with Gasteiger partial charge >= 0.3 is 0 Å². The maximum absolute atomic E-state index is 11.9. The summed E-state index contributed by atoms with van der Waals surface area (Å²) in [6.45, 7) is 0. The van der Waals surface area contributed by atoms with Crippen molar-refractivity contribution in [3.63, 3.8) is 0 Å². The fraction of sp³-hybridized carbons (Fsp3) is 0.286. The molecule has 1 fully saturated rings. The van der Waals surface area contributed by atoms with E-state index in [1.165, 1.54) is 0 Å². The van der Waals surface area contributed by atoms with Gasteiger partial charge in [-0.1, -0.05) is 24.3 Å². The molecule has 0 aliphatic heterocycles. The van der Waals surface area contributed by atoms with E-state index in [1.54, 1.807) is 6.07 Å². The summed E-state index contributed by atoms with van der Waals surface area (Å²) in [4.78, 5) is 16.3. The molecule has 2 N–H and O–H groups in total. The lowest BCUT2D eigenvalue weighted by Crippen LogP contribution is -2.46. The van der Waals surface area contributed by atoms with Crippen LogP contribution in [0, 0.1) is 0 Å². The molecule has 0 bridgehead atoms. The summed E-state index contributed by atoms with van der Waals surface area (Å²) in [6.07, 6.45) is 1.01. The molecule has 4 nitrogen and oxygen atoms in total. The van der Waals surface area contributed by atoms with Gasteiger partial charge in [0.1, 0.15) is 5.69 Å². The molecule has 0 radical (unpaired) electrons. The molecule has 2 aromatic rings. The number of fused-ring (bicyclic) bond motifs is 1. The molecule has 1 aliphatic rings. The van der Waals surface area contributed by atoms with E-state index in [0.717, 1.165) is 10.9 Å². The fourth-order valence-electron chi connectivity index (χ4n) is 2.16. The van der Waals surface area contributed by atoms with Gasteiger partial charge in [-0.2, -0.15) is 0 Å². The number of nitrogens with zero attached hydrogens (tertiary/aromatic N) is 1. The van der Waals surface area contributed by atoms with Crippen molar-refractivity contribution < 1.29 is 9.90 Å². The second-order valence-electron chi connectivity index (χ2n) is 4.68. The Balaban J connectivity index is 1.79. The number of carbonyl (C=O) groups excluding carboxylic acids is 1. The maximum atomic E-state index is 11.9. The Bertz CT molecular complexity index is 591. The first-order valence-corrected chi connectivity index (χ1v) is 6.07. The van der Waals surface area contributed by atoms with Crippen molar-refractivity contribution in [3.05, 3.63) is 42.1 Å². The van der Waals surface area contributed by atoms with Crippen LogP contribution in [0.5, 0.6) is 0 Å². The quantitative estimate of drug-likeness (QED) is 0.838. The highest BCUT2D eigenvalue weighted by atomic mass is 16.3. The first kappa shape index (κ1) is 11.2. The van der Waals surface area contributed by atoms with Gasteiger partial charge in [0.05, 0.1) is 11.6 Å². The highest BCUT2D eigenvalue weighted by Crippen LogP contribution is 2.20. The zero-order chi connectivity index (χ0) is 12.5. The van der Waals surface area contributed by atoms with Crippen LogP contribution in [0.2, 0.25) is 0 Å². The first-order chi connectivity index (χ1) is 8.72. The zero-order valence-corrected chi connectivity index (χ0v) is 9.84. The summed E-state index contributed by atoms with van der Waals surface area (Å²) in [5, 5.41) is 13.1. The summed E-state index contributed by atoms with van der Waals surface area (Å²) < 4.78 is 0. The standard InChI is InChI=1S/C14H14N2O2/c17-11-7-10(8-11)15-14(18)13-6-5-9-3-1-2-4-12(9)16-13/h1-6,10-11,17H,7-8H2,(H,15,18). The Hall–Kier alpha value is -1.94. The average Bonchev–Trinajstić information content (AvgIpc) is 2.36. The first-order valence-electron chi connectivity index (χ1n) is 6.07. The van der Waals surface area contributed by atoms with Gasteiger partial charge < -0.3 is 10.4 Å². The Labute approximate surface area is 105 Å². The van der Waals surface area contributed by atoms with Crippen LogP contribution < -0.4 is 5.32 Å². The molecular weight excluding hydrogens is 228 g/mol. The molecule has 1 aliphatic carbocycles. The Morgan fingerprint density at radius 2 is 2.00 bits per heavy atom. The normalized spacial score (nSPS) is 22.5. The highest BCUT2D eigenvalue weighted by Gasteiger charge is 2.28. The van der Waals surface area contributed by atoms with Gasteiger partial charge in [-0.25, -0.2) is 4.98 Å². The largest absolute Gasteiger partial charge is 0.393 e. The molecule has 0 saturated heterocycles. The fourth-order valence-corrected chi connectivity index (χ4v) is 2.16. The molecule has 0 unspecified atom stereocenters. The number of aliphatic hydroxyl groups excluding tert-OH is 1. The number of hydrogen-bond donors (Lipinski definition) is 2. The van der Waals surface area contributed by atoms with Gasteiger partial charge in [-0.15, -0.1) is 0 Å². The number of carbonyl (C=O) groups is 1. The number of amides is 1. The second-order valence-corrected chi connectivity index (χ2v) is 4.68. The van der Waals surface area contributed by atoms with Crippen LogP contribution in [0.3, 0.4) is 0 Å². The van der Waals surface area contributed by atoms with E-state index in [9.17, 15) is 9.90 Å². The van der Waals surface area contributed by atoms with Gasteiger partial charge in [0, 0.05) is 11.4 Å². The minimum absolute atomic E-state index is 0.0840. The summed E-state index contributed by atoms with van der Waals surface area (Å²) in [6, 6.07) is 11.4. The summed E-state index contributed by atoms with van der Waals surface area (Å²) in [7, 11) is 0. The topological polar surface area (TPSA) is 62.2 Å². The molecule has 1 amide bonds. The number of benzene rings is 1. The molecule has 4 heteroatoms. The van der Waals surface area contributed by atoms with Crippen LogP contribution in [0.1, 0.15) is 23.3 Å². The molecule has 1 aromatic carbocycles. The van der Waals surface area contributed by atoms with E-state index < -0.39 is 0 Å². The number of aromatic nitrogens is 1. The molecule has 1 heterocycles. The number of rotatable bonds is 2. The van der Waals surface area contributed by atoms with Crippen molar-refractivity contribution in [2.45, 2.75) is 25.0 Å². The van der Waals surface area contributed by atoms with Crippen LogP contribution in [-0.4, -0.2) is 28.1 Å². The minimum Gasteiger partial charge on any atom is -0.393 e. The summed E-state index contributed by atoms with van der Waals surface area (Å²) in [5.74, 6) is -0.169.